The molecule has 1 aromatic rings. The maximum atomic E-state index is 9.94. The Labute approximate surface area is 73.6 Å². The average Bonchev–Trinajstić information content (AvgIpc) is 2.03. The Morgan fingerprint density at radius 2 is 2.42 bits per heavy atom. The minimum atomic E-state index is -0.552. The van der Waals surface area contributed by atoms with Gasteiger partial charge in [-0.1, -0.05) is 11.6 Å². The van der Waals surface area contributed by atoms with Gasteiger partial charge in [0.2, 0.25) is 6.20 Å². The van der Waals surface area contributed by atoms with E-state index in [4.69, 9.17) is 11.6 Å². The van der Waals surface area contributed by atoms with Gasteiger partial charge < -0.3 is 0 Å². The predicted molar refractivity (Wildman–Crippen MR) is 45.3 cm³/mol. The van der Waals surface area contributed by atoms with Crippen molar-refractivity contribution in [2.24, 2.45) is 0 Å². The van der Waals surface area contributed by atoms with Crippen molar-refractivity contribution >= 4 is 17.7 Å². The fourth-order valence-electron chi connectivity index (χ4n) is 0.653. The molecular formula is C7H5ClN2O2. The summed E-state index contributed by atoms with van der Waals surface area (Å²) in [7, 11) is 0. The number of halogens is 1. The molecule has 0 fully saturated rings. The lowest BCUT2D eigenvalue weighted by atomic mass is 10.3. The van der Waals surface area contributed by atoms with Crippen LogP contribution in [-0.2, 0) is 0 Å². The molecule has 0 atom stereocenters. The predicted octanol–water partition coefficient (Wildman–Crippen LogP) is 1.98. The molecule has 0 aliphatic heterocycles. The molecule has 0 saturated carbocycles. The van der Waals surface area contributed by atoms with Gasteiger partial charge in [0.25, 0.3) is 0 Å². The molecule has 1 aromatic heterocycles. The highest BCUT2D eigenvalue weighted by atomic mass is 35.5. The van der Waals surface area contributed by atoms with E-state index in [2.05, 4.69) is 4.98 Å². The first-order chi connectivity index (χ1) is 5.70. The number of hydrogen-bond donors (Lipinski definition) is 0. The largest absolute Gasteiger partial charge is 0.264 e. The van der Waals surface area contributed by atoms with E-state index < -0.39 is 4.92 Å². The Morgan fingerprint density at radius 3 is 3.00 bits per heavy atom. The Balaban J connectivity index is 2.89. The fourth-order valence-corrected chi connectivity index (χ4v) is 0.822. The van der Waals surface area contributed by atoms with Crippen molar-refractivity contribution in [3.63, 3.8) is 0 Å². The maximum Gasteiger partial charge on any atom is 0.235 e. The van der Waals surface area contributed by atoms with Gasteiger partial charge >= 0.3 is 0 Å². The summed E-state index contributed by atoms with van der Waals surface area (Å²) in [5, 5.41) is 10.4. The highest BCUT2D eigenvalue weighted by Crippen LogP contribution is 2.14. The molecule has 0 N–H and O–H groups in total. The summed E-state index contributed by atoms with van der Waals surface area (Å²) in [5.74, 6) is 0. The number of aromatic nitrogens is 1. The topological polar surface area (TPSA) is 56.0 Å². The van der Waals surface area contributed by atoms with Crippen LogP contribution >= 0.6 is 11.6 Å². The Bertz CT molecular complexity index is 325. The summed E-state index contributed by atoms with van der Waals surface area (Å²) in [6.45, 7) is 0. The van der Waals surface area contributed by atoms with Crippen molar-refractivity contribution in [2.75, 3.05) is 0 Å². The van der Waals surface area contributed by atoms with Crippen LogP contribution in [0.2, 0.25) is 5.02 Å². The zero-order valence-electron chi connectivity index (χ0n) is 5.98. The van der Waals surface area contributed by atoms with Crippen LogP contribution in [0.25, 0.3) is 6.08 Å². The van der Waals surface area contributed by atoms with Gasteiger partial charge in [0.15, 0.2) is 0 Å². The Kier molecular flexibility index (Phi) is 2.76. The highest BCUT2D eigenvalue weighted by Gasteiger charge is 1.95. The molecule has 0 aromatic carbocycles. The van der Waals surface area contributed by atoms with Crippen molar-refractivity contribution in [2.45, 2.75) is 0 Å². The van der Waals surface area contributed by atoms with Gasteiger partial charge in [-0.2, -0.15) is 0 Å². The Hall–Kier alpha value is -1.42. The average molecular weight is 185 g/mol. The molecular weight excluding hydrogens is 180 g/mol. The number of rotatable bonds is 2. The van der Waals surface area contributed by atoms with E-state index in [1.165, 1.54) is 18.5 Å². The minimum absolute atomic E-state index is 0.447. The summed E-state index contributed by atoms with van der Waals surface area (Å²) in [5.41, 5.74) is 0.538. The quantitative estimate of drug-likeness (QED) is 0.522. The molecule has 1 rings (SSSR count). The van der Waals surface area contributed by atoms with Crippen molar-refractivity contribution in [1.82, 2.24) is 4.98 Å². The van der Waals surface area contributed by atoms with Gasteiger partial charge in [0, 0.05) is 24.0 Å². The standard InChI is InChI=1S/C7H5ClN2O2/c8-7-1-3-9-5-6(7)2-4-10(11)12/h1-5H. The first-order valence-corrected chi connectivity index (χ1v) is 3.49. The van der Waals surface area contributed by atoms with Crippen LogP contribution < -0.4 is 0 Å². The number of pyridine rings is 1. The van der Waals surface area contributed by atoms with Crippen LogP contribution in [0.3, 0.4) is 0 Å². The first kappa shape index (κ1) is 8.67. The molecule has 0 spiro atoms. The summed E-state index contributed by atoms with van der Waals surface area (Å²) >= 11 is 5.69. The molecule has 0 bridgehead atoms. The van der Waals surface area contributed by atoms with E-state index in [9.17, 15) is 10.1 Å². The van der Waals surface area contributed by atoms with E-state index in [1.807, 2.05) is 0 Å². The van der Waals surface area contributed by atoms with Crippen LogP contribution in [-0.4, -0.2) is 9.91 Å². The Morgan fingerprint density at radius 1 is 1.67 bits per heavy atom. The molecule has 12 heavy (non-hydrogen) atoms. The molecule has 0 amide bonds. The summed E-state index contributed by atoms with van der Waals surface area (Å²) in [4.78, 5) is 13.2. The molecule has 0 unspecified atom stereocenters. The van der Waals surface area contributed by atoms with Gasteiger partial charge in [-0.3, -0.25) is 15.1 Å². The molecule has 0 radical (unpaired) electrons. The van der Waals surface area contributed by atoms with Crippen molar-refractivity contribution in [3.05, 3.63) is 45.4 Å². The normalized spacial score (nSPS) is 10.4. The van der Waals surface area contributed by atoms with E-state index >= 15 is 0 Å². The second-order valence-electron chi connectivity index (χ2n) is 2.00. The number of nitro groups is 1. The van der Waals surface area contributed by atoms with Crippen LogP contribution in [0.5, 0.6) is 0 Å². The maximum absolute atomic E-state index is 9.94. The molecule has 0 aliphatic carbocycles. The van der Waals surface area contributed by atoms with Crippen LogP contribution in [0.15, 0.2) is 24.7 Å². The zero-order valence-corrected chi connectivity index (χ0v) is 6.73. The lowest BCUT2D eigenvalue weighted by Gasteiger charge is -1.92. The van der Waals surface area contributed by atoms with E-state index in [0.717, 1.165) is 6.20 Å². The highest BCUT2D eigenvalue weighted by molar-refractivity contribution is 6.31. The first-order valence-electron chi connectivity index (χ1n) is 3.11. The second-order valence-corrected chi connectivity index (χ2v) is 2.41. The number of hydrogen-bond acceptors (Lipinski definition) is 3. The van der Waals surface area contributed by atoms with Gasteiger partial charge in [0.1, 0.15) is 0 Å². The second kappa shape index (κ2) is 3.82. The summed E-state index contributed by atoms with van der Waals surface area (Å²) in [6, 6.07) is 1.57. The molecule has 62 valence electrons. The molecule has 0 aliphatic rings. The zero-order chi connectivity index (χ0) is 8.97. The van der Waals surface area contributed by atoms with Crippen molar-refractivity contribution in [1.29, 1.82) is 0 Å². The molecule has 1 heterocycles. The third-order valence-electron chi connectivity index (χ3n) is 1.17. The molecule has 4 nitrogen and oxygen atoms in total. The van der Waals surface area contributed by atoms with Crippen LogP contribution in [0, 0.1) is 10.1 Å². The van der Waals surface area contributed by atoms with Crippen LogP contribution in [0.4, 0.5) is 0 Å². The SMILES string of the molecule is O=[N+]([O-])C=Cc1cnccc1Cl. The van der Waals surface area contributed by atoms with Gasteiger partial charge in [-0.25, -0.2) is 0 Å². The van der Waals surface area contributed by atoms with Crippen LogP contribution in [0.1, 0.15) is 5.56 Å². The summed E-state index contributed by atoms with van der Waals surface area (Å²) in [6.07, 6.45) is 5.10. The number of nitrogens with zero attached hydrogens (tertiary/aromatic N) is 2. The lowest BCUT2D eigenvalue weighted by molar-refractivity contribution is -0.400. The van der Waals surface area contributed by atoms with E-state index in [-0.39, 0.29) is 0 Å². The smallest absolute Gasteiger partial charge is 0.235 e. The molecule has 5 heteroatoms. The van der Waals surface area contributed by atoms with Crippen molar-refractivity contribution < 1.29 is 4.92 Å². The monoisotopic (exact) mass is 184 g/mol. The molecule has 0 saturated heterocycles. The van der Waals surface area contributed by atoms with Gasteiger partial charge in [0.05, 0.1) is 9.95 Å². The fraction of sp³-hybridized carbons (Fsp3) is 0. The minimum Gasteiger partial charge on any atom is -0.264 e. The third kappa shape index (κ3) is 2.32. The van der Waals surface area contributed by atoms with E-state index in [1.54, 1.807) is 6.07 Å². The van der Waals surface area contributed by atoms with E-state index in [0.29, 0.717) is 10.6 Å². The van der Waals surface area contributed by atoms with Gasteiger partial charge in [-0.15, -0.1) is 0 Å². The van der Waals surface area contributed by atoms with Gasteiger partial charge in [-0.05, 0) is 6.07 Å². The lowest BCUT2D eigenvalue weighted by Crippen LogP contribution is -1.83. The summed E-state index contributed by atoms with van der Waals surface area (Å²) < 4.78 is 0. The van der Waals surface area contributed by atoms with Crippen molar-refractivity contribution in [3.8, 4) is 0 Å². The third-order valence-corrected chi connectivity index (χ3v) is 1.52.